The quantitative estimate of drug-likeness (QED) is 0.850. The van der Waals surface area contributed by atoms with Crippen molar-refractivity contribution in [2.45, 2.75) is 38.4 Å². The number of carbonyl (C=O) groups is 1. The number of imidazole rings is 1. The maximum absolute atomic E-state index is 10.7. The van der Waals surface area contributed by atoms with Crippen molar-refractivity contribution in [2.24, 2.45) is 7.05 Å². The third-order valence-corrected chi connectivity index (χ3v) is 3.82. The molecule has 0 amide bonds. The highest BCUT2D eigenvalue weighted by Gasteiger charge is 2.20. The van der Waals surface area contributed by atoms with Gasteiger partial charge in [0.15, 0.2) is 10.8 Å². The minimum atomic E-state index is -0.832. The number of hydrogen-bond acceptors (Lipinski definition) is 4. The van der Waals surface area contributed by atoms with E-state index in [0.29, 0.717) is 0 Å². The fraction of sp³-hybridized carbons (Fsp3) is 0.583. The first-order valence-electron chi connectivity index (χ1n) is 6.24. The Balaban J connectivity index is 2.57. The Morgan fingerprint density at radius 1 is 1.47 bits per heavy atom. The van der Waals surface area contributed by atoms with Crippen LogP contribution in [-0.4, -0.2) is 36.2 Å². The Bertz CT molecular complexity index is 615. The molecule has 0 saturated heterocycles. The number of nitrogens with zero attached hydrogens (tertiary/aromatic N) is 4. The van der Waals surface area contributed by atoms with E-state index < -0.39 is 5.97 Å². The standard InChI is InChI=1S/C12H18N4O2S/c1-5-8-10-11(15(4)14-8)16(7(2)3)12(13-10)19-6-9(17)18/h7H,5-6H2,1-4H3,(H,17,18). The summed E-state index contributed by atoms with van der Waals surface area (Å²) in [5, 5.41) is 14.0. The Morgan fingerprint density at radius 2 is 2.16 bits per heavy atom. The Morgan fingerprint density at radius 3 is 2.68 bits per heavy atom. The molecule has 0 aliphatic heterocycles. The zero-order valence-electron chi connectivity index (χ0n) is 11.5. The van der Waals surface area contributed by atoms with E-state index in [0.717, 1.165) is 28.4 Å². The Kier molecular flexibility index (Phi) is 3.84. The first-order valence-corrected chi connectivity index (χ1v) is 7.22. The average molecular weight is 282 g/mol. The second-order valence-corrected chi connectivity index (χ2v) is 5.58. The van der Waals surface area contributed by atoms with Gasteiger partial charge in [-0.3, -0.25) is 9.48 Å². The SMILES string of the molecule is CCc1nn(C)c2c1nc(SCC(=O)O)n2C(C)C. The second-order valence-electron chi connectivity index (χ2n) is 4.64. The van der Waals surface area contributed by atoms with Crippen LogP contribution in [0.3, 0.4) is 0 Å². The number of aryl methyl sites for hydroxylation is 2. The summed E-state index contributed by atoms with van der Waals surface area (Å²) in [5.41, 5.74) is 2.79. The number of fused-ring (bicyclic) bond motifs is 1. The molecular formula is C12H18N4O2S. The van der Waals surface area contributed by atoms with Crippen molar-refractivity contribution in [3.8, 4) is 0 Å². The topological polar surface area (TPSA) is 72.9 Å². The zero-order chi connectivity index (χ0) is 14.2. The molecule has 0 aliphatic rings. The van der Waals surface area contributed by atoms with Crippen LogP contribution in [0.15, 0.2) is 5.16 Å². The average Bonchev–Trinajstić information content (AvgIpc) is 2.84. The molecule has 2 rings (SSSR count). The number of thioether (sulfide) groups is 1. The molecule has 0 aromatic carbocycles. The summed E-state index contributed by atoms with van der Waals surface area (Å²) < 4.78 is 3.88. The van der Waals surface area contributed by atoms with E-state index in [1.807, 2.05) is 18.7 Å². The minimum absolute atomic E-state index is 0.0188. The lowest BCUT2D eigenvalue weighted by atomic mass is 10.3. The molecule has 0 fully saturated rings. The Labute approximate surface area is 115 Å². The van der Waals surface area contributed by atoms with Crippen molar-refractivity contribution >= 4 is 28.9 Å². The van der Waals surface area contributed by atoms with Crippen molar-refractivity contribution in [1.29, 1.82) is 0 Å². The lowest BCUT2D eigenvalue weighted by Gasteiger charge is -2.12. The van der Waals surface area contributed by atoms with E-state index in [4.69, 9.17) is 5.11 Å². The van der Waals surface area contributed by atoms with Gasteiger partial charge >= 0.3 is 5.97 Å². The second kappa shape index (κ2) is 5.24. The molecule has 104 valence electrons. The Hall–Kier alpha value is -1.50. The molecule has 2 aromatic heterocycles. The van der Waals surface area contributed by atoms with Crippen molar-refractivity contribution in [3.63, 3.8) is 0 Å². The highest BCUT2D eigenvalue weighted by molar-refractivity contribution is 7.99. The number of hydrogen-bond donors (Lipinski definition) is 1. The summed E-state index contributed by atoms with van der Waals surface area (Å²) in [5.74, 6) is -0.813. The fourth-order valence-electron chi connectivity index (χ4n) is 2.11. The first-order chi connectivity index (χ1) is 8.95. The zero-order valence-corrected chi connectivity index (χ0v) is 12.4. The molecule has 0 spiro atoms. The van der Waals surface area contributed by atoms with Crippen LogP contribution in [0.4, 0.5) is 0 Å². The van der Waals surface area contributed by atoms with Gasteiger partial charge in [0.05, 0.1) is 11.4 Å². The molecule has 1 N–H and O–H groups in total. The van der Waals surface area contributed by atoms with Gasteiger partial charge in [-0.25, -0.2) is 4.98 Å². The van der Waals surface area contributed by atoms with Crippen molar-refractivity contribution in [1.82, 2.24) is 19.3 Å². The predicted octanol–water partition coefficient (Wildman–Crippen LogP) is 2.09. The first kappa shape index (κ1) is 13.9. The molecule has 6 nitrogen and oxygen atoms in total. The van der Waals surface area contributed by atoms with Gasteiger partial charge in [-0.05, 0) is 20.3 Å². The smallest absolute Gasteiger partial charge is 0.313 e. The number of carboxylic acids is 1. The van der Waals surface area contributed by atoms with E-state index in [2.05, 4.69) is 28.5 Å². The summed E-state index contributed by atoms with van der Waals surface area (Å²) in [7, 11) is 1.90. The molecule has 0 unspecified atom stereocenters. The van der Waals surface area contributed by atoms with Crippen LogP contribution in [0, 0.1) is 0 Å². The van der Waals surface area contributed by atoms with Crippen molar-refractivity contribution < 1.29 is 9.90 Å². The highest BCUT2D eigenvalue weighted by atomic mass is 32.2. The molecule has 0 bridgehead atoms. The normalized spacial score (nSPS) is 11.6. The predicted molar refractivity (Wildman–Crippen MR) is 74.6 cm³/mol. The van der Waals surface area contributed by atoms with Crippen LogP contribution < -0.4 is 0 Å². The molecule has 0 radical (unpaired) electrons. The molecule has 0 aliphatic carbocycles. The van der Waals surface area contributed by atoms with Crippen LogP contribution in [0.2, 0.25) is 0 Å². The van der Waals surface area contributed by atoms with Crippen LogP contribution in [-0.2, 0) is 18.3 Å². The fourth-order valence-corrected chi connectivity index (χ4v) is 2.96. The third-order valence-electron chi connectivity index (χ3n) is 2.88. The molecule has 2 heterocycles. The summed E-state index contributed by atoms with van der Waals surface area (Å²) in [4.78, 5) is 15.3. The monoisotopic (exact) mass is 282 g/mol. The van der Waals surface area contributed by atoms with Crippen molar-refractivity contribution in [3.05, 3.63) is 5.69 Å². The molecular weight excluding hydrogens is 264 g/mol. The van der Waals surface area contributed by atoms with E-state index in [1.54, 1.807) is 0 Å². The molecule has 0 saturated carbocycles. The summed E-state index contributed by atoms with van der Waals surface area (Å²) in [6.45, 7) is 6.16. The van der Waals surface area contributed by atoms with Gasteiger partial charge < -0.3 is 9.67 Å². The highest BCUT2D eigenvalue weighted by Crippen LogP contribution is 2.29. The third kappa shape index (κ3) is 2.47. The minimum Gasteiger partial charge on any atom is -0.481 e. The lowest BCUT2D eigenvalue weighted by Crippen LogP contribution is -2.08. The van der Waals surface area contributed by atoms with Gasteiger partial charge in [0, 0.05) is 13.1 Å². The largest absolute Gasteiger partial charge is 0.481 e. The summed E-state index contributed by atoms with van der Waals surface area (Å²) in [6, 6.07) is 0.210. The number of aromatic nitrogens is 4. The van der Waals surface area contributed by atoms with E-state index in [1.165, 1.54) is 11.8 Å². The van der Waals surface area contributed by atoms with Gasteiger partial charge in [0.1, 0.15) is 5.52 Å². The van der Waals surface area contributed by atoms with Gasteiger partial charge in [-0.1, -0.05) is 18.7 Å². The number of aliphatic carboxylic acids is 1. The molecule has 2 aromatic rings. The maximum atomic E-state index is 10.7. The number of rotatable bonds is 5. The van der Waals surface area contributed by atoms with E-state index >= 15 is 0 Å². The van der Waals surface area contributed by atoms with Crippen molar-refractivity contribution in [2.75, 3.05) is 5.75 Å². The summed E-state index contributed by atoms with van der Waals surface area (Å²) >= 11 is 1.25. The van der Waals surface area contributed by atoms with Crippen LogP contribution in [0.5, 0.6) is 0 Å². The van der Waals surface area contributed by atoms with Gasteiger partial charge in [-0.15, -0.1) is 0 Å². The van der Waals surface area contributed by atoms with Crippen LogP contribution >= 0.6 is 11.8 Å². The maximum Gasteiger partial charge on any atom is 0.313 e. The van der Waals surface area contributed by atoms with Crippen LogP contribution in [0.25, 0.3) is 11.2 Å². The number of carboxylic acid groups (broad SMARTS) is 1. The lowest BCUT2D eigenvalue weighted by molar-refractivity contribution is -0.133. The molecule has 7 heteroatoms. The van der Waals surface area contributed by atoms with E-state index in [9.17, 15) is 4.79 Å². The van der Waals surface area contributed by atoms with Gasteiger partial charge in [-0.2, -0.15) is 5.10 Å². The summed E-state index contributed by atoms with van der Waals surface area (Å²) in [6.07, 6.45) is 0.815. The molecule has 19 heavy (non-hydrogen) atoms. The van der Waals surface area contributed by atoms with E-state index in [-0.39, 0.29) is 11.8 Å². The molecule has 0 atom stereocenters. The van der Waals surface area contributed by atoms with Gasteiger partial charge in [0.2, 0.25) is 0 Å². The van der Waals surface area contributed by atoms with Crippen LogP contribution in [0.1, 0.15) is 32.5 Å². The van der Waals surface area contributed by atoms with Gasteiger partial charge in [0.25, 0.3) is 0 Å².